The van der Waals surface area contributed by atoms with Crippen LogP contribution in [0.15, 0.2) is 0 Å². The number of aliphatic hydroxyl groups is 4. The van der Waals surface area contributed by atoms with Gasteiger partial charge in [-0.15, -0.1) is 0 Å². The van der Waals surface area contributed by atoms with Crippen molar-refractivity contribution in [2.45, 2.75) is 104 Å². The molecule has 2 rings (SSSR count). The molecule has 6 atom stereocenters. The molecule has 0 amide bonds. The van der Waals surface area contributed by atoms with E-state index in [1.54, 1.807) is 0 Å². The first-order chi connectivity index (χ1) is 12.9. The van der Waals surface area contributed by atoms with E-state index in [4.69, 9.17) is 4.74 Å². The van der Waals surface area contributed by atoms with Gasteiger partial charge in [-0.1, -0.05) is 41.0 Å². The summed E-state index contributed by atoms with van der Waals surface area (Å²) in [5, 5.41) is 40.2. The van der Waals surface area contributed by atoms with Crippen LogP contribution in [0.4, 0.5) is 0 Å². The van der Waals surface area contributed by atoms with E-state index in [2.05, 4.69) is 27.7 Å². The van der Waals surface area contributed by atoms with Gasteiger partial charge in [-0.2, -0.15) is 0 Å². The Bertz CT molecular complexity index is 545. The van der Waals surface area contributed by atoms with E-state index in [1.807, 2.05) is 6.92 Å². The number of ether oxygens (including phenoxy) is 1. The minimum atomic E-state index is -1.62. The van der Waals surface area contributed by atoms with Crippen LogP contribution in [0, 0.1) is 22.7 Å². The van der Waals surface area contributed by atoms with Gasteiger partial charge in [0.2, 0.25) is 0 Å². The molecule has 6 nitrogen and oxygen atoms in total. The molecule has 2 aliphatic rings. The van der Waals surface area contributed by atoms with Crippen molar-refractivity contribution >= 4 is 5.78 Å². The monoisotopic (exact) mass is 400 g/mol. The molecule has 0 aromatic rings. The highest BCUT2D eigenvalue weighted by molar-refractivity contribution is 5.78. The number of rotatable bonds is 11. The second-order valence-electron chi connectivity index (χ2n) is 10.6. The van der Waals surface area contributed by atoms with Gasteiger partial charge >= 0.3 is 0 Å². The van der Waals surface area contributed by atoms with Crippen molar-refractivity contribution < 1.29 is 30.0 Å². The third kappa shape index (κ3) is 4.96. The van der Waals surface area contributed by atoms with E-state index in [1.165, 1.54) is 0 Å². The van der Waals surface area contributed by atoms with Crippen LogP contribution >= 0.6 is 0 Å². The molecule has 0 aromatic heterocycles. The number of hydrogen-bond donors (Lipinski definition) is 4. The summed E-state index contributed by atoms with van der Waals surface area (Å²) in [6.07, 6.45) is 3.07. The smallest absolute Gasteiger partial charge is 0.181 e. The van der Waals surface area contributed by atoms with Crippen LogP contribution in [0.5, 0.6) is 0 Å². The summed E-state index contributed by atoms with van der Waals surface area (Å²) >= 11 is 0. The number of carbonyl (C=O) groups excluding carboxylic acids is 1. The molecule has 1 aliphatic heterocycles. The minimum Gasteiger partial charge on any atom is -0.396 e. The first-order valence-electron chi connectivity index (χ1n) is 10.8. The fourth-order valence-electron chi connectivity index (χ4n) is 5.69. The molecule has 1 saturated heterocycles. The number of Topliss-reactive ketones (excluding diaryl/α,β-unsaturated/α-hetero) is 1. The van der Waals surface area contributed by atoms with Crippen LogP contribution in [0.3, 0.4) is 0 Å². The average Bonchev–Trinajstić information content (AvgIpc) is 2.65. The summed E-state index contributed by atoms with van der Waals surface area (Å²) in [5.74, 6) is -2.69. The molecular weight excluding hydrogens is 360 g/mol. The lowest BCUT2D eigenvalue weighted by Gasteiger charge is -2.50. The van der Waals surface area contributed by atoms with Crippen molar-refractivity contribution in [3.63, 3.8) is 0 Å². The molecule has 1 aliphatic carbocycles. The molecule has 4 N–H and O–H groups in total. The Balaban J connectivity index is 1.82. The van der Waals surface area contributed by atoms with Gasteiger partial charge in [0.1, 0.15) is 5.78 Å². The summed E-state index contributed by atoms with van der Waals surface area (Å²) in [6.45, 7) is 10.4. The maximum Gasteiger partial charge on any atom is 0.181 e. The Morgan fingerprint density at radius 2 is 1.75 bits per heavy atom. The van der Waals surface area contributed by atoms with Crippen molar-refractivity contribution in [3.05, 3.63) is 0 Å². The molecule has 2 fully saturated rings. The van der Waals surface area contributed by atoms with Crippen molar-refractivity contribution in [1.29, 1.82) is 0 Å². The van der Waals surface area contributed by atoms with Gasteiger partial charge in [0.05, 0.1) is 36.8 Å². The average molecular weight is 401 g/mol. The highest BCUT2D eigenvalue weighted by atomic mass is 16.7. The van der Waals surface area contributed by atoms with Crippen molar-refractivity contribution in [2.75, 3.05) is 6.61 Å². The van der Waals surface area contributed by atoms with Crippen LogP contribution in [-0.2, 0) is 9.53 Å². The standard InChI is InChI=1S/C22H40O6/c1-6-8-14(24)11-21(4,5)13-20(2,3)10-7-9-16-17-19(26)18(25)15(12-23)22(17,27)28-16/h15-19,23,25-27H,6-13H2,1-5H3. The maximum absolute atomic E-state index is 12.0. The zero-order chi connectivity index (χ0) is 21.3. The van der Waals surface area contributed by atoms with Gasteiger partial charge in [-0.3, -0.25) is 4.79 Å². The third-order valence-corrected chi connectivity index (χ3v) is 6.58. The fourth-order valence-corrected chi connectivity index (χ4v) is 5.69. The molecule has 0 spiro atoms. The predicted octanol–water partition coefficient (Wildman–Crippen LogP) is 2.41. The van der Waals surface area contributed by atoms with Crippen LogP contribution in [0.25, 0.3) is 0 Å². The second-order valence-corrected chi connectivity index (χ2v) is 10.6. The Morgan fingerprint density at radius 1 is 1.11 bits per heavy atom. The Kier molecular flexibility index (Phi) is 7.36. The molecule has 0 radical (unpaired) electrons. The summed E-state index contributed by atoms with van der Waals surface area (Å²) in [6, 6.07) is 0. The summed E-state index contributed by atoms with van der Waals surface area (Å²) in [5.41, 5.74) is 0.0283. The van der Waals surface area contributed by atoms with E-state index >= 15 is 0 Å². The first-order valence-corrected chi connectivity index (χ1v) is 10.8. The second kappa shape index (κ2) is 8.68. The van der Waals surface area contributed by atoms with Crippen LogP contribution in [0.1, 0.15) is 79.6 Å². The van der Waals surface area contributed by atoms with E-state index in [-0.39, 0.29) is 16.9 Å². The minimum absolute atomic E-state index is 0.0386. The molecular formula is C22H40O6. The normalized spacial score (nSPS) is 35.5. The molecule has 164 valence electrons. The molecule has 6 heteroatoms. The quantitative estimate of drug-likeness (QED) is 0.424. The lowest BCUT2D eigenvalue weighted by molar-refractivity contribution is -0.381. The van der Waals surface area contributed by atoms with E-state index in [9.17, 15) is 25.2 Å². The number of ketones is 1. The highest BCUT2D eigenvalue weighted by Gasteiger charge is 2.69. The molecule has 6 unspecified atom stereocenters. The predicted molar refractivity (Wildman–Crippen MR) is 106 cm³/mol. The summed E-state index contributed by atoms with van der Waals surface area (Å²) < 4.78 is 5.62. The van der Waals surface area contributed by atoms with Gasteiger partial charge in [-0.25, -0.2) is 0 Å². The summed E-state index contributed by atoms with van der Waals surface area (Å²) in [7, 11) is 0. The van der Waals surface area contributed by atoms with E-state index < -0.39 is 36.4 Å². The van der Waals surface area contributed by atoms with Gasteiger partial charge in [0.25, 0.3) is 0 Å². The molecule has 1 heterocycles. The Hall–Kier alpha value is -0.530. The lowest BCUT2D eigenvalue weighted by atomic mass is 9.70. The van der Waals surface area contributed by atoms with Crippen LogP contribution in [-0.4, -0.2) is 56.9 Å². The zero-order valence-electron chi connectivity index (χ0n) is 18.1. The van der Waals surface area contributed by atoms with E-state index in [0.29, 0.717) is 25.0 Å². The molecule has 0 bridgehead atoms. The fraction of sp³-hybridized carbons (Fsp3) is 0.955. The number of aliphatic hydroxyl groups excluding tert-OH is 3. The van der Waals surface area contributed by atoms with Gasteiger partial charge < -0.3 is 25.2 Å². The third-order valence-electron chi connectivity index (χ3n) is 6.58. The van der Waals surface area contributed by atoms with Gasteiger partial charge in [-0.05, 0) is 36.5 Å². The highest BCUT2D eigenvalue weighted by Crippen LogP contribution is 2.54. The van der Waals surface area contributed by atoms with Crippen LogP contribution in [0.2, 0.25) is 0 Å². The molecule has 0 aromatic carbocycles. The number of carbonyl (C=O) groups is 1. The zero-order valence-corrected chi connectivity index (χ0v) is 18.1. The van der Waals surface area contributed by atoms with Crippen molar-refractivity contribution in [2.24, 2.45) is 22.7 Å². The maximum atomic E-state index is 12.0. The Morgan fingerprint density at radius 3 is 2.32 bits per heavy atom. The number of fused-ring (bicyclic) bond motifs is 1. The molecule has 28 heavy (non-hydrogen) atoms. The topological polar surface area (TPSA) is 107 Å². The van der Waals surface area contributed by atoms with E-state index in [0.717, 1.165) is 25.7 Å². The van der Waals surface area contributed by atoms with Crippen molar-refractivity contribution in [1.82, 2.24) is 0 Å². The number of hydrogen-bond acceptors (Lipinski definition) is 6. The SMILES string of the molecule is CCCC(=O)CC(C)(C)CC(C)(C)CCCC1OC2(O)C(CO)C(O)C(O)C12. The van der Waals surface area contributed by atoms with Crippen LogP contribution < -0.4 is 0 Å². The molecule has 1 saturated carbocycles. The van der Waals surface area contributed by atoms with Crippen molar-refractivity contribution in [3.8, 4) is 0 Å². The van der Waals surface area contributed by atoms with Gasteiger partial charge in [0.15, 0.2) is 5.79 Å². The lowest BCUT2D eigenvalue weighted by Crippen LogP contribution is -2.62. The summed E-state index contributed by atoms with van der Waals surface area (Å²) in [4.78, 5) is 12.0. The van der Waals surface area contributed by atoms with Gasteiger partial charge in [0, 0.05) is 12.8 Å². The Labute approximate surface area is 169 Å². The largest absolute Gasteiger partial charge is 0.396 e. The first kappa shape index (κ1) is 23.7.